The number of nitrogens with zero attached hydrogens (tertiary/aromatic N) is 2. The van der Waals surface area contributed by atoms with Crippen molar-refractivity contribution < 1.29 is 9.47 Å². The van der Waals surface area contributed by atoms with Gasteiger partial charge in [-0.15, -0.1) is 0 Å². The third kappa shape index (κ3) is 8.38. The predicted octanol–water partition coefficient (Wildman–Crippen LogP) is 3.94. The van der Waals surface area contributed by atoms with Crippen LogP contribution < -0.4 is 0 Å². The second-order valence-corrected chi connectivity index (χ2v) is 9.20. The molecule has 1 aliphatic heterocycles. The molecule has 0 aromatic rings. The SMILES string of the molecule is CC(C)N1CCN(CCCCCCOC2CC(OC(C)(C)C)C2)CC1. The van der Waals surface area contributed by atoms with Crippen molar-refractivity contribution in [3.05, 3.63) is 0 Å². The second-order valence-electron chi connectivity index (χ2n) is 9.20. The van der Waals surface area contributed by atoms with Crippen LogP contribution in [0.1, 0.15) is 73.1 Å². The molecule has 1 aliphatic carbocycles. The minimum atomic E-state index is -0.0168. The molecule has 0 N–H and O–H groups in total. The van der Waals surface area contributed by atoms with Gasteiger partial charge in [0.1, 0.15) is 0 Å². The van der Waals surface area contributed by atoms with Gasteiger partial charge in [-0.1, -0.05) is 12.8 Å². The van der Waals surface area contributed by atoms with E-state index in [0.29, 0.717) is 18.2 Å². The van der Waals surface area contributed by atoms with Crippen LogP contribution in [0.25, 0.3) is 0 Å². The fraction of sp³-hybridized carbons (Fsp3) is 1.00. The molecule has 1 saturated carbocycles. The van der Waals surface area contributed by atoms with E-state index in [1.54, 1.807) is 0 Å². The Labute approximate surface area is 156 Å². The molecule has 2 rings (SSSR count). The summed E-state index contributed by atoms with van der Waals surface area (Å²) >= 11 is 0. The van der Waals surface area contributed by atoms with Crippen LogP contribution in [0, 0.1) is 0 Å². The van der Waals surface area contributed by atoms with Gasteiger partial charge in [-0.3, -0.25) is 4.90 Å². The van der Waals surface area contributed by atoms with Crippen LogP contribution in [0.5, 0.6) is 0 Å². The molecule has 1 saturated heterocycles. The number of ether oxygens (including phenoxy) is 2. The monoisotopic (exact) mass is 354 g/mol. The van der Waals surface area contributed by atoms with Gasteiger partial charge in [0.25, 0.3) is 0 Å². The minimum Gasteiger partial charge on any atom is -0.378 e. The van der Waals surface area contributed by atoms with Crippen LogP contribution in [0.2, 0.25) is 0 Å². The molecule has 0 amide bonds. The van der Waals surface area contributed by atoms with Crippen molar-refractivity contribution in [2.45, 2.75) is 97.0 Å². The van der Waals surface area contributed by atoms with Crippen molar-refractivity contribution in [1.82, 2.24) is 9.80 Å². The zero-order chi connectivity index (χ0) is 18.3. The largest absolute Gasteiger partial charge is 0.378 e. The van der Waals surface area contributed by atoms with Gasteiger partial charge in [0.05, 0.1) is 17.8 Å². The first-order valence-corrected chi connectivity index (χ1v) is 10.6. The van der Waals surface area contributed by atoms with Crippen LogP contribution >= 0.6 is 0 Å². The minimum absolute atomic E-state index is 0.0168. The Hall–Kier alpha value is -0.160. The van der Waals surface area contributed by atoms with Crippen molar-refractivity contribution >= 4 is 0 Å². The van der Waals surface area contributed by atoms with Crippen LogP contribution in [-0.2, 0) is 9.47 Å². The highest BCUT2D eigenvalue weighted by molar-refractivity contribution is 4.83. The molecule has 0 bridgehead atoms. The Morgan fingerprint density at radius 2 is 1.52 bits per heavy atom. The van der Waals surface area contributed by atoms with Crippen molar-refractivity contribution in [2.75, 3.05) is 39.3 Å². The van der Waals surface area contributed by atoms with Crippen molar-refractivity contribution in [3.63, 3.8) is 0 Å². The van der Waals surface area contributed by atoms with E-state index in [4.69, 9.17) is 9.47 Å². The molecule has 0 aromatic heterocycles. The first-order chi connectivity index (χ1) is 11.8. The summed E-state index contributed by atoms with van der Waals surface area (Å²) in [7, 11) is 0. The van der Waals surface area contributed by atoms with Gasteiger partial charge in [0, 0.05) is 38.8 Å². The van der Waals surface area contributed by atoms with E-state index >= 15 is 0 Å². The molecular formula is C21H42N2O2. The van der Waals surface area contributed by atoms with E-state index < -0.39 is 0 Å². The summed E-state index contributed by atoms with van der Waals surface area (Å²) in [5.41, 5.74) is -0.0168. The van der Waals surface area contributed by atoms with E-state index in [-0.39, 0.29) is 5.60 Å². The van der Waals surface area contributed by atoms with Crippen LogP contribution in [-0.4, -0.2) is 73.0 Å². The maximum atomic E-state index is 5.96. The summed E-state index contributed by atoms with van der Waals surface area (Å²) in [6, 6.07) is 0.702. The van der Waals surface area contributed by atoms with Gasteiger partial charge < -0.3 is 14.4 Å². The number of rotatable bonds is 10. The highest BCUT2D eigenvalue weighted by atomic mass is 16.5. The van der Waals surface area contributed by atoms with Crippen molar-refractivity contribution in [1.29, 1.82) is 0 Å². The maximum absolute atomic E-state index is 5.96. The normalized spacial score (nSPS) is 26.2. The van der Waals surface area contributed by atoms with E-state index in [1.165, 1.54) is 58.4 Å². The van der Waals surface area contributed by atoms with E-state index in [1.807, 2.05) is 0 Å². The zero-order valence-electron chi connectivity index (χ0n) is 17.4. The zero-order valence-corrected chi connectivity index (χ0v) is 17.4. The third-order valence-electron chi connectivity index (χ3n) is 5.43. The van der Waals surface area contributed by atoms with Gasteiger partial charge in [-0.25, -0.2) is 0 Å². The summed E-state index contributed by atoms with van der Waals surface area (Å²) in [6.07, 6.45) is 8.23. The Bertz CT molecular complexity index is 353. The Balaban J connectivity index is 1.37. The third-order valence-corrected chi connectivity index (χ3v) is 5.43. The summed E-state index contributed by atoms with van der Waals surface area (Å²) < 4.78 is 11.9. The van der Waals surface area contributed by atoms with E-state index in [2.05, 4.69) is 44.4 Å². The fourth-order valence-electron chi connectivity index (χ4n) is 3.79. The first kappa shape index (κ1) is 21.1. The highest BCUT2D eigenvalue weighted by Gasteiger charge is 2.33. The Kier molecular flexibility index (Phi) is 8.67. The quantitative estimate of drug-likeness (QED) is 0.555. The Morgan fingerprint density at radius 1 is 0.880 bits per heavy atom. The Morgan fingerprint density at radius 3 is 2.12 bits per heavy atom. The molecule has 2 aliphatic rings. The van der Waals surface area contributed by atoms with Crippen LogP contribution in [0.15, 0.2) is 0 Å². The smallest absolute Gasteiger partial charge is 0.0631 e. The summed E-state index contributed by atoms with van der Waals surface area (Å²) in [5, 5.41) is 0. The van der Waals surface area contributed by atoms with Crippen molar-refractivity contribution in [2.24, 2.45) is 0 Å². The number of hydrogen-bond donors (Lipinski definition) is 0. The lowest BCUT2D eigenvalue weighted by molar-refractivity contribution is -0.148. The van der Waals surface area contributed by atoms with Gasteiger partial charge in [-0.05, 0) is 66.8 Å². The number of unbranched alkanes of at least 4 members (excludes halogenated alkanes) is 3. The predicted molar refractivity (Wildman–Crippen MR) is 105 cm³/mol. The summed E-state index contributed by atoms with van der Waals surface area (Å²) in [6.45, 7) is 18.2. The molecule has 25 heavy (non-hydrogen) atoms. The van der Waals surface area contributed by atoms with Gasteiger partial charge >= 0.3 is 0 Å². The molecule has 4 nitrogen and oxygen atoms in total. The molecule has 0 radical (unpaired) electrons. The summed E-state index contributed by atoms with van der Waals surface area (Å²) in [5.74, 6) is 0. The standard InChI is InChI=1S/C21H42N2O2/c1-18(2)23-13-11-22(12-14-23)10-8-6-7-9-15-24-19-16-20(17-19)25-21(3,4)5/h18-20H,6-17H2,1-5H3. The lowest BCUT2D eigenvalue weighted by Crippen LogP contribution is -2.48. The molecule has 0 aromatic carbocycles. The molecule has 0 unspecified atom stereocenters. The van der Waals surface area contributed by atoms with Gasteiger partial charge in [0.2, 0.25) is 0 Å². The lowest BCUT2D eigenvalue weighted by Gasteiger charge is -2.39. The molecule has 2 fully saturated rings. The number of piperazine rings is 1. The fourth-order valence-corrected chi connectivity index (χ4v) is 3.79. The van der Waals surface area contributed by atoms with E-state index in [9.17, 15) is 0 Å². The van der Waals surface area contributed by atoms with Crippen LogP contribution in [0.3, 0.4) is 0 Å². The molecular weight excluding hydrogens is 312 g/mol. The first-order valence-electron chi connectivity index (χ1n) is 10.6. The average molecular weight is 355 g/mol. The van der Waals surface area contributed by atoms with Crippen molar-refractivity contribution in [3.8, 4) is 0 Å². The van der Waals surface area contributed by atoms with E-state index in [0.717, 1.165) is 19.4 Å². The lowest BCUT2D eigenvalue weighted by atomic mass is 9.91. The second kappa shape index (κ2) is 10.2. The van der Waals surface area contributed by atoms with Gasteiger partial charge in [-0.2, -0.15) is 0 Å². The number of hydrogen-bond acceptors (Lipinski definition) is 4. The van der Waals surface area contributed by atoms with Crippen LogP contribution in [0.4, 0.5) is 0 Å². The molecule has 0 spiro atoms. The maximum Gasteiger partial charge on any atom is 0.0631 e. The highest BCUT2D eigenvalue weighted by Crippen LogP contribution is 2.30. The summed E-state index contributed by atoms with van der Waals surface area (Å²) in [4.78, 5) is 5.23. The van der Waals surface area contributed by atoms with Gasteiger partial charge in [0.15, 0.2) is 0 Å². The molecule has 4 heteroatoms. The molecule has 148 valence electrons. The average Bonchev–Trinajstić information content (AvgIpc) is 2.50. The topological polar surface area (TPSA) is 24.9 Å². The molecule has 1 heterocycles. The molecule has 0 atom stereocenters.